The van der Waals surface area contributed by atoms with Crippen LogP contribution in [0.3, 0.4) is 0 Å². The molecule has 6 heteroatoms. The number of rotatable bonds is 6. The number of nitrogens with one attached hydrogen (secondary N) is 1. The summed E-state index contributed by atoms with van der Waals surface area (Å²) in [5, 5.41) is 1.34. The van der Waals surface area contributed by atoms with Crippen LogP contribution in [0.2, 0.25) is 5.02 Å². The van der Waals surface area contributed by atoms with Crippen LogP contribution in [0.1, 0.15) is 15.9 Å². The van der Waals surface area contributed by atoms with Crippen molar-refractivity contribution >= 4 is 34.4 Å². The summed E-state index contributed by atoms with van der Waals surface area (Å²) in [7, 11) is 3.08. The zero-order chi connectivity index (χ0) is 22.7. The molecule has 0 bridgehead atoms. The molecule has 0 amide bonds. The topological polar surface area (TPSA) is 68.4 Å². The standard InChI is InChI=1S/C26H20ClNO4/c1-31-22-9-5-6-17(25(22)32-2)12-15-21(29)24-23(16-10-13-18(27)14-11-16)19-7-3-4-8-20(19)28-26(24)30/h3-15H,1-2H3,(H,28,30)/b15-12+. The van der Waals surface area contributed by atoms with Gasteiger partial charge in [0, 0.05) is 27.1 Å². The monoisotopic (exact) mass is 445 g/mol. The SMILES string of the molecule is COc1cccc(/C=C/C(=O)c2c(-c3ccc(Cl)cc3)c3ccccc3[nH]c2=O)c1OC. The normalized spacial score (nSPS) is 11.1. The summed E-state index contributed by atoms with van der Waals surface area (Å²) in [6.45, 7) is 0. The van der Waals surface area contributed by atoms with E-state index in [9.17, 15) is 9.59 Å². The van der Waals surface area contributed by atoms with Crippen molar-refractivity contribution in [2.45, 2.75) is 0 Å². The Morgan fingerprint density at radius 1 is 0.938 bits per heavy atom. The highest BCUT2D eigenvalue weighted by molar-refractivity contribution is 6.30. The molecule has 0 aliphatic carbocycles. The van der Waals surface area contributed by atoms with Gasteiger partial charge >= 0.3 is 0 Å². The van der Waals surface area contributed by atoms with E-state index in [1.165, 1.54) is 13.2 Å². The van der Waals surface area contributed by atoms with Crippen molar-refractivity contribution in [3.63, 3.8) is 0 Å². The fourth-order valence-electron chi connectivity index (χ4n) is 3.69. The van der Waals surface area contributed by atoms with E-state index >= 15 is 0 Å². The highest BCUT2D eigenvalue weighted by atomic mass is 35.5. The molecular weight excluding hydrogens is 426 g/mol. The molecule has 0 aliphatic heterocycles. The van der Waals surface area contributed by atoms with E-state index in [4.69, 9.17) is 21.1 Å². The van der Waals surface area contributed by atoms with Gasteiger partial charge in [-0.2, -0.15) is 0 Å². The van der Waals surface area contributed by atoms with Crippen molar-refractivity contribution in [3.05, 3.63) is 99.3 Å². The molecule has 1 aromatic heterocycles. The van der Waals surface area contributed by atoms with Crippen LogP contribution < -0.4 is 15.0 Å². The number of halogens is 1. The van der Waals surface area contributed by atoms with E-state index in [0.29, 0.717) is 33.2 Å². The number of aromatic nitrogens is 1. The zero-order valence-electron chi connectivity index (χ0n) is 17.5. The summed E-state index contributed by atoms with van der Waals surface area (Å²) in [6, 6.07) is 19.8. The summed E-state index contributed by atoms with van der Waals surface area (Å²) in [5.41, 5.74) is 2.20. The van der Waals surface area contributed by atoms with Gasteiger partial charge in [0.25, 0.3) is 5.56 Å². The fourth-order valence-corrected chi connectivity index (χ4v) is 3.81. The van der Waals surface area contributed by atoms with Gasteiger partial charge in [-0.3, -0.25) is 9.59 Å². The summed E-state index contributed by atoms with van der Waals surface area (Å²) < 4.78 is 10.7. The number of aromatic amines is 1. The predicted octanol–water partition coefficient (Wildman–Crippen LogP) is 5.76. The second-order valence-electron chi connectivity index (χ2n) is 7.04. The molecule has 0 radical (unpaired) electrons. The first-order valence-corrected chi connectivity index (χ1v) is 10.3. The highest BCUT2D eigenvalue weighted by Gasteiger charge is 2.19. The lowest BCUT2D eigenvalue weighted by atomic mass is 9.94. The first kappa shape index (κ1) is 21.4. The van der Waals surface area contributed by atoms with E-state index in [1.807, 2.05) is 18.2 Å². The molecule has 4 rings (SSSR count). The number of ketones is 1. The molecule has 4 aromatic rings. The number of fused-ring (bicyclic) bond motifs is 1. The van der Waals surface area contributed by atoms with Gasteiger partial charge in [0.05, 0.1) is 19.8 Å². The second-order valence-corrected chi connectivity index (χ2v) is 7.47. The van der Waals surface area contributed by atoms with Crippen LogP contribution in [0.15, 0.2) is 77.6 Å². The molecule has 32 heavy (non-hydrogen) atoms. The van der Waals surface area contributed by atoms with Crippen LogP contribution in [0.5, 0.6) is 11.5 Å². The minimum Gasteiger partial charge on any atom is -0.493 e. The number of methoxy groups -OCH3 is 2. The van der Waals surface area contributed by atoms with Crippen molar-refractivity contribution in [1.29, 1.82) is 0 Å². The summed E-state index contributed by atoms with van der Waals surface area (Å²) in [4.78, 5) is 29.1. The van der Waals surface area contributed by atoms with Gasteiger partial charge in [0.2, 0.25) is 0 Å². The van der Waals surface area contributed by atoms with E-state index in [2.05, 4.69) is 4.98 Å². The number of H-pyrrole nitrogens is 1. The quantitative estimate of drug-likeness (QED) is 0.302. The van der Waals surface area contributed by atoms with Crippen molar-refractivity contribution in [3.8, 4) is 22.6 Å². The van der Waals surface area contributed by atoms with Crippen LogP contribution in [0.4, 0.5) is 0 Å². The Morgan fingerprint density at radius 3 is 2.41 bits per heavy atom. The molecule has 1 N–H and O–H groups in total. The lowest BCUT2D eigenvalue weighted by Gasteiger charge is -2.12. The first-order valence-electron chi connectivity index (χ1n) is 9.88. The molecule has 5 nitrogen and oxygen atoms in total. The Balaban J connectivity index is 1.88. The molecule has 3 aromatic carbocycles. The number of benzene rings is 3. The third-order valence-corrected chi connectivity index (χ3v) is 5.40. The highest BCUT2D eigenvalue weighted by Crippen LogP contribution is 2.33. The Bertz CT molecular complexity index is 1390. The Kier molecular flexibility index (Phi) is 6.10. The van der Waals surface area contributed by atoms with Gasteiger partial charge in [0.1, 0.15) is 0 Å². The number of carbonyl (C=O) groups excluding carboxylic acids is 1. The lowest BCUT2D eigenvalue weighted by molar-refractivity contribution is 0.104. The third kappa shape index (κ3) is 4.03. The third-order valence-electron chi connectivity index (χ3n) is 5.15. The summed E-state index contributed by atoms with van der Waals surface area (Å²) >= 11 is 6.05. The van der Waals surface area contributed by atoms with Gasteiger partial charge in [-0.25, -0.2) is 0 Å². The lowest BCUT2D eigenvalue weighted by Crippen LogP contribution is -2.18. The molecular formula is C26H20ClNO4. The molecule has 0 fully saturated rings. The maximum Gasteiger partial charge on any atom is 0.260 e. The zero-order valence-corrected chi connectivity index (χ0v) is 18.3. The number of carbonyl (C=O) groups is 1. The van der Waals surface area contributed by atoms with Crippen molar-refractivity contribution in [2.24, 2.45) is 0 Å². The molecule has 0 saturated heterocycles. The minimum atomic E-state index is -0.457. The molecule has 0 saturated carbocycles. The van der Waals surface area contributed by atoms with E-state index in [0.717, 1.165) is 10.9 Å². The van der Waals surface area contributed by atoms with Crippen molar-refractivity contribution in [2.75, 3.05) is 14.2 Å². The number of hydrogen-bond donors (Lipinski definition) is 1. The Morgan fingerprint density at radius 2 is 1.69 bits per heavy atom. The largest absolute Gasteiger partial charge is 0.493 e. The summed E-state index contributed by atoms with van der Waals surface area (Å²) in [6.07, 6.45) is 2.99. The number of allylic oxidation sites excluding steroid dienone is 1. The van der Waals surface area contributed by atoms with E-state index in [-0.39, 0.29) is 5.56 Å². The fraction of sp³-hybridized carbons (Fsp3) is 0.0769. The number of para-hydroxylation sites is 2. The minimum absolute atomic E-state index is 0.0594. The molecule has 160 valence electrons. The molecule has 0 aliphatic rings. The van der Waals surface area contributed by atoms with Crippen LogP contribution >= 0.6 is 11.6 Å². The van der Waals surface area contributed by atoms with Crippen molar-refractivity contribution in [1.82, 2.24) is 4.98 Å². The van der Waals surface area contributed by atoms with Gasteiger partial charge in [-0.15, -0.1) is 0 Å². The molecule has 0 atom stereocenters. The van der Waals surface area contributed by atoms with E-state index < -0.39 is 11.3 Å². The second kappa shape index (κ2) is 9.12. The molecule has 0 unspecified atom stereocenters. The first-order chi connectivity index (χ1) is 15.5. The Hall–Kier alpha value is -3.83. The summed E-state index contributed by atoms with van der Waals surface area (Å²) in [5.74, 6) is 0.628. The van der Waals surface area contributed by atoms with Crippen LogP contribution in [0, 0.1) is 0 Å². The van der Waals surface area contributed by atoms with Gasteiger partial charge in [-0.05, 0) is 42.0 Å². The van der Waals surface area contributed by atoms with Crippen LogP contribution in [0.25, 0.3) is 28.1 Å². The van der Waals surface area contributed by atoms with Gasteiger partial charge in [-0.1, -0.05) is 54.1 Å². The average Bonchev–Trinajstić information content (AvgIpc) is 2.81. The maximum absolute atomic E-state index is 13.3. The van der Waals surface area contributed by atoms with Crippen LogP contribution in [-0.2, 0) is 0 Å². The maximum atomic E-state index is 13.3. The average molecular weight is 446 g/mol. The van der Waals surface area contributed by atoms with Crippen molar-refractivity contribution < 1.29 is 14.3 Å². The van der Waals surface area contributed by atoms with Crippen LogP contribution in [-0.4, -0.2) is 25.0 Å². The smallest absolute Gasteiger partial charge is 0.260 e. The van der Waals surface area contributed by atoms with Gasteiger partial charge < -0.3 is 14.5 Å². The Labute approximate surface area is 189 Å². The molecule has 0 spiro atoms. The predicted molar refractivity (Wildman–Crippen MR) is 128 cm³/mol. The molecule has 1 heterocycles. The number of pyridine rings is 1. The van der Waals surface area contributed by atoms with Gasteiger partial charge in [0.15, 0.2) is 17.3 Å². The number of ether oxygens (including phenoxy) is 2. The number of hydrogen-bond acceptors (Lipinski definition) is 4. The van der Waals surface area contributed by atoms with E-state index in [1.54, 1.807) is 61.7 Å².